The third kappa shape index (κ3) is 4.02. The largest absolute Gasteiger partial charge is 0.507 e. The summed E-state index contributed by atoms with van der Waals surface area (Å²) in [5.41, 5.74) is 1.25. The number of halogens is 2. The Kier molecular flexibility index (Phi) is 6.18. The molecule has 1 heterocycles. The molecule has 5 nitrogen and oxygen atoms in total. The molecule has 0 radical (unpaired) electrons. The number of aliphatic hydroxyl groups is 1. The summed E-state index contributed by atoms with van der Waals surface area (Å²) in [7, 11) is 1.53. The van der Waals surface area contributed by atoms with Crippen molar-refractivity contribution in [1.29, 1.82) is 0 Å². The predicted octanol–water partition coefficient (Wildman–Crippen LogP) is 4.01. The monoisotopic (exact) mass is 497 g/mol. The number of likely N-dealkylation sites (tertiary alicyclic amines) is 1. The second-order valence-electron chi connectivity index (χ2n) is 6.04. The van der Waals surface area contributed by atoms with Crippen LogP contribution in [0.4, 0.5) is 0 Å². The van der Waals surface area contributed by atoms with Gasteiger partial charge in [0, 0.05) is 27.8 Å². The molecule has 0 bridgehead atoms. The average Bonchev–Trinajstić information content (AvgIpc) is 2.91. The maximum Gasteiger partial charge on any atom is 0.295 e. The van der Waals surface area contributed by atoms with Crippen LogP contribution >= 0.6 is 34.2 Å². The van der Waals surface area contributed by atoms with Crippen molar-refractivity contribution in [2.24, 2.45) is 0 Å². The zero-order chi connectivity index (χ0) is 19.6. The van der Waals surface area contributed by atoms with Crippen molar-refractivity contribution in [3.8, 4) is 0 Å². The highest BCUT2D eigenvalue weighted by atomic mass is 127. The number of hydrogen-bond donors (Lipinski definition) is 1. The molecule has 0 saturated carbocycles. The van der Waals surface area contributed by atoms with Gasteiger partial charge in [-0.15, -0.1) is 0 Å². The van der Waals surface area contributed by atoms with Crippen LogP contribution in [-0.4, -0.2) is 42.0 Å². The van der Waals surface area contributed by atoms with Crippen molar-refractivity contribution in [3.63, 3.8) is 0 Å². The van der Waals surface area contributed by atoms with Gasteiger partial charge in [-0.3, -0.25) is 9.59 Å². The fourth-order valence-corrected chi connectivity index (χ4v) is 3.54. The van der Waals surface area contributed by atoms with Gasteiger partial charge in [-0.05, 0) is 64.6 Å². The number of carbonyl (C=O) groups excluding carboxylic acids is 2. The lowest BCUT2D eigenvalue weighted by atomic mass is 9.95. The first-order chi connectivity index (χ1) is 12.9. The zero-order valence-electron chi connectivity index (χ0n) is 14.5. The molecule has 7 heteroatoms. The molecule has 0 aromatic heterocycles. The van der Waals surface area contributed by atoms with Crippen LogP contribution in [0.2, 0.25) is 5.02 Å². The summed E-state index contributed by atoms with van der Waals surface area (Å²) in [5, 5.41) is 11.3. The van der Waals surface area contributed by atoms with E-state index >= 15 is 0 Å². The summed E-state index contributed by atoms with van der Waals surface area (Å²) in [5.74, 6) is -1.57. The van der Waals surface area contributed by atoms with E-state index in [9.17, 15) is 14.7 Å². The van der Waals surface area contributed by atoms with Crippen molar-refractivity contribution in [1.82, 2.24) is 4.90 Å². The lowest BCUT2D eigenvalue weighted by Gasteiger charge is -2.25. The molecule has 1 amide bonds. The van der Waals surface area contributed by atoms with Crippen molar-refractivity contribution in [3.05, 3.63) is 73.8 Å². The Bertz CT molecular complexity index is 893. The summed E-state index contributed by atoms with van der Waals surface area (Å²) < 4.78 is 6.12. The Morgan fingerprint density at radius 3 is 2.37 bits per heavy atom. The Morgan fingerprint density at radius 1 is 1.15 bits per heavy atom. The van der Waals surface area contributed by atoms with Gasteiger partial charge in [-0.2, -0.15) is 0 Å². The van der Waals surface area contributed by atoms with E-state index in [0.29, 0.717) is 10.6 Å². The first-order valence-corrected chi connectivity index (χ1v) is 9.68. The van der Waals surface area contributed by atoms with Crippen LogP contribution < -0.4 is 0 Å². The molecule has 2 aromatic rings. The topological polar surface area (TPSA) is 66.8 Å². The lowest BCUT2D eigenvalue weighted by Crippen LogP contribution is -2.32. The fourth-order valence-electron chi connectivity index (χ4n) is 3.06. The van der Waals surface area contributed by atoms with Gasteiger partial charge in [0.15, 0.2) is 0 Å². The molecular weight excluding hydrogens is 481 g/mol. The minimum absolute atomic E-state index is 0.0691. The highest BCUT2D eigenvalue weighted by Crippen LogP contribution is 2.39. The van der Waals surface area contributed by atoms with Crippen LogP contribution in [0.3, 0.4) is 0 Å². The average molecular weight is 498 g/mol. The number of ketones is 1. The first-order valence-electron chi connectivity index (χ1n) is 8.22. The van der Waals surface area contributed by atoms with Gasteiger partial charge in [-0.1, -0.05) is 23.7 Å². The number of carbonyl (C=O) groups is 2. The molecule has 1 saturated heterocycles. The van der Waals surface area contributed by atoms with Crippen molar-refractivity contribution in [2.75, 3.05) is 20.3 Å². The quantitative estimate of drug-likeness (QED) is 0.293. The Labute approximate surface area is 175 Å². The molecule has 0 unspecified atom stereocenters. The minimum Gasteiger partial charge on any atom is -0.507 e. The normalized spacial score (nSPS) is 18.9. The fraction of sp³-hybridized carbons (Fsp3) is 0.200. The van der Waals surface area contributed by atoms with Gasteiger partial charge in [0.1, 0.15) is 5.76 Å². The van der Waals surface area contributed by atoms with Gasteiger partial charge < -0.3 is 14.7 Å². The van der Waals surface area contributed by atoms with Crippen molar-refractivity contribution < 1.29 is 19.4 Å². The van der Waals surface area contributed by atoms with E-state index in [4.69, 9.17) is 16.3 Å². The zero-order valence-corrected chi connectivity index (χ0v) is 17.4. The second-order valence-corrected chi connectivity index (χ2v) is 7.73. The van der Waals surface area contributed by atoms with Crippen LogP contribution in [0.25, 0.3) is 5.76 Å². The first kappa shape index (κ1) is 19.9. The van der Waals surface area contributed by atoms with E-state index in [2.05, 4.69) is 22.6 Å². The molecule has 0 aliphatic carbocycles. The SMILES string of the molecule is COCCN1C(=O)C(=O)C(=C(O)c2ccc(Cl)cc2)[C@H]1c1ccc(I)cc1. The van der Waals surface area contributed by atoms with Crippen LogP contribution in [0, 0.1) is 3.57 Å². The van der Waals surface area contributed by atoms with E-state index in [1.54, 1.807) is 24.3 Å². The van der Waals surface area contributed by atoms with Crippen LogP contribution in [0.5, 0.6) is 0 Å². The number of amides is 1. The molecule has 140 valence electrons. The Hall–Kier alpha value is -1.90. The molecule has 1 aliphatic rings. The number of Topliss-reactive ketones (excluding diaryl/α,β-unsaturated/α-hetero) is 1. The third-order valence-electron chi connectivity index (χ3n) is 4.38. The van der Waals surface area contributed by atoms with Gasteiger partial charge >= 0.3 is 0 Å². The number of nitrogens with zero attached hydrogens (tertiary/aromatic N) is 1. The number of ether oxygens (including phenoxy) is 1. The van der Waals surface area contributed by atoms with Crippen molar-refractivity contribution in [2.45, 2.75) is 6.04 Å². The summed E-state index contributed by atoms with van der Waals surface area (Å²) in [6.07, 6.45) is 0. The predicted molar refractivity (Wildman–Crippen MR) is 111 cm³/mol. The Morgan fingerprint density at radius 2 is 1.78 bits per heavy atom. The molecule has 2 aromatic carbocycles. The highest BCUT2D eigenvalue weighted by Gasteiger charge is 2.45. The molecule has 1 atom stereocenters. The number of hydrogen-bond acceptors (Lipinski definition) is 4. The van der Waals surface area contributed by atoms with E-state index < -0.39 is 17.7 Å². The third-order valence-corrected chi connectivity index (χ3v) is 5.35. The molecule has 1 fully saturated rings. The standard InChI is InChI=1S/C20H17ClINO4/c1-27-11-10-23-17(12-4-8-15(22)9-5-12)16(19(25)20(23)26)18(24)13-2-6-14(21)7-3-13/h2-9,17,24H,10-11H2,1H3/t17-/m1/s1. The second kappa shape index (κ2) is 8.41. The number of rotatable bonds is 5. The molecule has 27 heavy (non-hydrogen) atoms. The summed E-state index contributed by atoms with van der Waals surface area (Å²) >= 11 is 8.09. The van der Waals surface area contributed by atoms with Crippen LogP contribution in [0.15, 0.2) is 54.1 Å². The molecule has 3 rings (SSSR count). The number of benzene rings is 2. The molecular formula is C20H17ClINO4. The summed E-state index contributed by atoms with van der Waals surface area (Å²) in [6, 6.07) is 13.3. The summed E-state index contributed by atoms with van der Waals surface area (Å²) in [4.78, 5) is 26.8. The Balaban J connectivity index is 2.14. The molecule has 1 N–H and O–H groups in total. The molecule has 0 spiro atoms. The van der Waals surface area contributed by atoms with E-state index in [0.717, 1.165) is 9.13 Å². The highest BCUT2D eigenvalue weighted by molar-refractivity contribution is 14.1. The maximum absolute atomic E-state index is 12.7. The van der Waals surface area contributed by atoms with Crippen LogP contribution in [-0.2, 0) is 14.3 Å². The van der Waals surface area contributed by atoms with Gasteiger partial charge in [0.2, 0.25) is 0 Å². The molecule has 1 aliphatic heterocycles. The summed E-state index contributed by atoms with van der Waals surface area (Å²) in [6.45, 7) is 0.532. The van der Waals surface area contributed by atoms with E-state index in [-0.39, 0.29) is 24.5 Å². The number of aliphatic hydroxyl groups excluding tert-OH is 1. The van der Waals surface area contributed by atoms with E-state index in [1.807, 2.05) is 24.3 Å². The smallest absolute Gasteiger partial charge is 0.295 e. The number of methoxy groups -OCH3 is 1. The minimum atomic E-state index is -0.706. The van der Waals surface area contributed by atoms with Gasteiger partial charge in [-0.25, -0.2) is 0 Å². The lowest BCUT2D eigenvalue weighted by molar-refractivity contribution is -0.140. The van der Waals surface area contributed by atoms with Gasteiger partial charge in [0.05, 0.1) is 18.2 Å². The van der Waals surface area contributed by atoms with Crippen LogP contribution in [0.1, 0.15) is 17.2 Å². The maximum atomic E-state index is 12.7. The van der Waals surface area contributed by atoms with Gasteiger partial charge in [0.25, 0.3) is 11.7 Å². The van der Waals surface area contributed by atoms with E-state index in [1.165, 1.54) is 12.0 Å². The van der Waals surface area contributed by atoms with Crippen molar-refractivity contribution >= 4 is 51.6 Å².